The molecule has 0 aliphatic rings. The topological polar surface area (TPSA) is 22.1 Å². The Kier molecular flexibility index (Phi) is 2.59. The van der Waals surface area contributed by atoms with E-state index in [9.17, 15) is 22.0 Å². The third-order valence-electron chi connectivity index (χ3n) is 1.29. The zero-order chi connectivity index (χ0) is 10.9. The Labute approximate surface area is 75.3 Å². The van der Waals surface area contributed by atoms with Crippen molar-refractivity contribution in [3.8, 4) is 5.88 Å². The van der Waals surface area contributed by atoms with Crippen LogP contribution in [-0.4, -0.2) is 11.3 Å². The van der Waals surface area contributed by atoms with Gasteiger partial charge in [0.05, 0.1) is 0 Å². The van der Waals surface area contributed by atoms with Crippen molar-refractivity contribution in [3.05, 3.63) is 23.4 Å². The van der Waals surface area contributed by atoms with E-state index in [0.29, 0.717) is 6.07 Å². The zero-order valence-electron chi connectivity index (χ0n) is 6.82. The summed E-state index contributed by atoms with van der Waals surface area (Å²) in [6, 6.07) is 0.573. The van der Waals surface area contributed by atoms with Gasteiger partial charge in [-0.3, -0.25) is 0 Å². The van der Waals surface area contributed by atoms with Crippen molar-refractivity contribution in [1.29, 1.82) is 0 Å². The van der Waals surface area contributed by atoms with E-state index in [1.807, 2.05) is 0 Å². The molecule has 0 spiro atoms. The van der Waals surface area contributed by atoms with E-state index in [0.717, 1.165) is 0 Å². The van der Waals surface area contributed by atoms with Crippen molar-refractivity contribution in [3.63, 3.8) is 0 Å². The molecule has 0 bridgehead atoms. The molecule has 0 amide bonds. The van der Waals surface area contributed by atoms with Gasteiger partial charge in [-0.15, -0.1) is 13.2 Å². The van der Waals surface area contributed by atoms with Crippen molar-refractivity contribution in [2.75, 3.05) is 0 Å². The summed E-state index contributed by atoms with van der Waals surface area (Å²) in [5.41, 5.74) is -0.197. The molecule has 1 rings (SSSR count). The van der Waals surface area contributed by atoms with Crippen molar-refractivity contribution >= 4 is 0 Å². The first kappa shape index (κ1) is 10.7. The summed E-state index contributed by atoms with van der Waals surface area (Å²) in [4.78, 5) is 2.67. The number of hydrogen-bond acceptors (Lipinski definition) is 2. The maximum absolute atomic E-state index is 12.7. The lowest BCUT2D eigenvalue weighted by Crippen LogP contribution is -2.19. The molecule has 0 aliphatic carbocycles. The average molecular weight is 213 g/mol. The number of alkyl halides is 3. The molecule has 1 aromatic rings. The Morgan fingerprint density at radius 3 is 2.36 bits per heavy atom. The summed E-state index contributed by atoms with van der Waals surface area (Å²) < 4.78 is 63.3. The smallest absolute Gasteiger partial charge is 0.385 e. The Morgan fingerprint density at radius 2 is 1.86 bits per heavy atom. The fourth-order valence-corrected chi connectivity index (χ4v) is 0.723. The number of rotatable bonds is 1. The molecule has 0 saturated carbocycles. The maximum Gasteiger partial charge on any atom is 0.574 e. The molecule has 0 saturated heterocycles. The highest BCUT2D eigenvalue weighted by Crippen LogP contribution is 2.24. The van der Waals surface area contributed by atoms with E-state index in [2.05, 4.69) is 9.72 Å². The first-order chi connectivity index (χ1) is 6.29. The molecular formula is C7H4F5NO. The molecule has 0 atom stereocenters. The zero-order valence-corrected chi connectivity index (χ0v) is 6.82. The van der Waals surface area contributed by atoms with Gasteiger partial charge in [-0.2, -0.15) is 9.37 Å². The van der Waals surface area contributed by atoms with Crippen LogP contribution < -0.4 is 4.74 Å². The Bertz CT molecular complexity index is 349. The van der Waals surface area contributed by atoms with Gasteiger partial charge in [0, 0.05) is 5.56 Å². The van der Waals surface area contributed by atoms with Crippen LogP contribution in [0.1, 0.15) is 5.56 Å². The van der Waals surface area contributed by atoms with Gasteiger partial charge in [0.25, 0.3) is 5.88 Å². The fourth-order valence-electron chi connectivity index (χ4n) is 0.723. The molecule has 2 nitrogen and oxygen atoms in total. The van der Waals surface area contributed by atoms with E-state index in [4.69, 9.17) is 0 Å². The van der Waals surface area contributed by atoms with Crippen LogP contribution in [0.5, 0.6) is 5.88 Å². The van der Waals surface area contributed by atoms with Crippen molar-refractivity contribution in [2.45, 2.75) is 13.3 Å². The summed E-state index contributed by atoms with van der Waals surface area (Å²) in [5, 5.41) is 0. The lowest BCUT2D eigenvalue weighted by Gasteiger charge is -2.08. The van der Waals surface area contributed by atoms with Gasteiger partial charge in [0.1, 0.15) is 0 Å². The van der Waals surface area contributed by atoms with Crippen LogP contribution in [0, 0.1) is 18.7 Å². The minimum atomic E-state index is -5.09. The highest BCUT2D eigenvalue weighted by atomic mass is 19.4. The van der Waals surface area contributed by atoms with Crippen LogP contribution >= 0.6 is 0 Å². The minimum absolute atomic E-state index is 0.197. The summed E-state index contributed by atoms with van der Waals surface area (Å²) in [6.45, 7) is 1.17. The standard InChI is InChI=1S/C7H4F5NO/c1-3-2-4(8)6(13-5(3)9)14-7(10,11)12/h2H,1H3. The molecule has 0 N–H and O–H groups in total. The van der Waals surface area contributed by atoms with Crippen LogP contribution in [0.2, 0.25) is 0 Å². The second kappa shape index (κ2) is 3.39. The Balaban J connectivity index is 3.04. The molecule has 0 unspecified atom stereocenters. The quantitative estimate of drug-likeness (QED) is 0.528. The lowest BCUT2D eigenvalue weighted by atomic mass is 10.3. The normalized spacial score (nSPS) is 11.6. The van der Waals surface area contributed by atoms with E-state index in [1.165, 1.54) is 6.92 Å². The van der Waals surface area contributed by atoms with Crippen LogP contribution in [0.3, 0.4) is 0 Å². The van der Waals surface area contributed by atoms with Gasteiger partial charge in [0.2, 0.25) is 5.95 Å². The summed E-state index contributed by atoms with van der Waals surface area (Å²) >= 11 is 0. The molecule has 0 fully saturated rings. The lowest BCUT2D eigenvalue weighted by molar-refractivity contribution is -0.277. The van der Waals surface area contributed by atoms with E-state index in [-0.39, 0.29) is 5.56 Å². The molecule has 0 aliphatic heterocycles. The summed E-state index contributed by atoms with van der Waals surface area (Å²) in [7, 11) is 0. The van der Waals surface area contributed by atoms with Crippen LogP contribution in [0.15, 0.2) is 6.07 Å². The largest absolute Gasteiger partial charge is 0.574 e. The molecule has 14 heavy (non-hydrogen) atoms. The van der Waals surface area contributed by atoms with Gasteiger partial charge in [-0.1, -0.05) is 0 Å². The average Bonchev–Trinajstić information content (AvgIpc) is 1.97. The molecule has 1 aromatic heterocycles. The predicted molar refractivity (Wildman–Crippen MR) is 35.6 cm³/mol. The van der Waals surface area contributed by atoms with Gasteiger partial charge >= 0.3 is 6.36 Å². The number of aromatic nitrogens is 1. The number of nitrogens with zero attached hydrogens (tertiary/aromatic N) is 1. The monoisotopic (exact) mass is 213 g/mol. The van der Waals surface area contributed by atoms with Gasteiger partial charge in [-0.05, 0) is 13.0 Å². The van der Waals surface area contributed by atoms with Crippen molar-refractivity contribution in [1.82, 2.24) is 4.98 Å². The fraction of sp³-hybridized carbons (Fsp3) is 0.286. The molecule has 0 aromatic carbocycles. The number of halogens is 5. The highest BCUT2D eigenvalue weighted by Gasteiger charge is 2.33. The van der Waals surface area contributed by atoms with Crippen molar-refractivity contribution in [2.24, 2.45) is 0 Å². The van der Waals surface area contributed by atoms with Gasteiger partial charge in [-0.25, -0.2) is 4.39 Å². The third kappa shape index (κ3) is 2.54. The third-order valence-corrected chi connectivity index (χ3v) is 1.29. The minimum Gasteiger partial charge on any atom is -0.385 e. The Morgan fingerprint density at radius 1 is 1.29 bits per heavy atom. The van der Waals surface area contributed by atoms with Crippen LogP contribution in [0.25, 0.3) is 0 Å². The number of aryl methyl sites for hydroxylation is 1. The Hall–Kier alpha value is -1.40. The van der Waals surface area contributed by atoms with Gasteiger partial charge in [0.15, 0.2) is 5.82 Å². The highest BCUT2D eigenvalue weighted by molar-refractivity contribution is 5.20. The van der Waals surface area contributed by atoms with Crippen LogP contribution in [-0.2, 0) is 0 Å². The summed E-state index contributed by atoms with van der Waals surface area (Å²) in [5.74, 6) is -3.98. The molecule has 1 heterocycles. The van der Waals surface area contributed by atoms with Crippen molar-refractivity contribution < 1.29 is 26.7 Å². The number of ether oxygens (including phenoxy) is 1. The second-order valence-corrected chi connectivity index (χ2v) is 2.43. The van der Waals surface area contributed by atoms with Crippen LogP contribution in [0.4, 0.5) is 22.0 Å². The predicted octanol–water partition coefficient (Wildman–Crippen LogP) is 2.57. The summed E-state index contributed by atoms with van der Waals surface area (Å²) in [6.07, 6.45) is -5.09. The maximum atomic E-state index is 12.7. The first-order valence-corrected chi connectivity index (χ1v) is 3.38. The first-order valence-electron chi connectivity index (χ1n) is 3.38. The molecule has 0 radical (unpaired) electrons. The SMILES string of the molecule is Cc1cc(F)c(OC(F)(F)F)nc1F. The van der Waals surface area contributed by atoms with E-state index in [1.54, 1.807) is 0 Å². The molecular weight excluding hydrogens is 209 g/mol. The number of hydrogen-bond donors (Lipinski definition) is 0. The molecule has 78 valence electrons. The van der Waals surface area contributed by atoms with Gasteiger partial charge < -0.3 is 4.74 Å². The van der Waals surface area contributed by atoms with E-state index < -0.39 is 24.0 Å². The van der Waals surface area contributed by atoms with E-state index >= 15 is 0 Å². The number of pyridine rings is 1. The molecule has 7 heteroatoms. The second-order valence-electron chi connectivity index (χ2n) is 2.43.